The zero-order chi connectivity index (χ0) is 23.4. The van der Waals surface area contributed by atoms with Crippen molar-refractivity contribution in [1.29, 1.82) is 0 Å². The van der Waals surface area contributed by atoms with Crippen molar-refractivity contribution in [2.45, 2.75) is 46.1 Å². The molecule has 0 spiro atoms. The fraction of sp³-hybridized carbons (Fsp3) is 0.296. The SMILES string of the molecule is CC[C@@H](C(=O)NCCCc1ccccc1)n1c(C)c2cnn(-c3ccccc3)c(=O)c2c1C. The fourth-order valence-electron chi connectivity index (χ4n) is 4.55. The van der Waals surface area contributed by atoms with Crippen LogP contribution in [-0.2, 0) is 11.2 Å². The van der Waals surface area contributed by atoms with E-state index in [2.05, 4.69) is 22.5 Å². The molecule has 6 heteroatoms. The lowest BCUT2D eigenvalue weighted by atomic mass is 10.1. The number of fused-ring (bicyclic) bond motifs is 1. The molecule has 0 saturated heterocycles. The van der Waals surface area contributed by atoms with Gasteiger partial charge in [0.1, 0.15) is 6.04 Å². The number of hydrogen-bond acceptors (Lipinski definition) is 3. The Morgan fingerprint density at radius 2 is 1.67 bits per heavy atom. The number of rotatable bonds is 8. The van der Waals surface area contributed by atoms with Crippen molar-refractivity contribution in [3.05, 3.63) is 94.2 Å². The molecule has 2 aromatic carbocycles. The van der Waals surface area contributed by atoms with E-state index in [1.807, 2.05) is 73.9 Å². The highest BCUT2D eigenvalue weighted by Crippen LogP contribution is 2.28. The first-order chi connectivity index (χ1) is 16.0. The van der Waals surface area contributed by atoms with Crippen molar-refractivity contribution in [3.8, 4) is 5.69 Å². The van der Waals surface area contributed by atoms with Crippen LogP contribution in [0.25, 0.3) is 16.5 Å². The van der Waals surface area contributed by atoms with Gasteiger partial charge >= 0.3 is 0 Å². The minimum atomic E-state index is -0.376. The molecule has 2 aromatic heterocycles. The predicted octanol–water partition coefficient (Wildman–Crippen LogP) is 4.50. The maximum absolute atomic E-state index is 13.3. The molecule has 6 nitrogen and oxygen atoms in total. The van der Waals surface area contributed by atoms with Gasteiger partial charge in [-0.2, -0.15) is 9.78 Å². The van der Waals surface area contributed by atoms with Crippen molar-refractivity contribution in [3.63, 3.8) is 0 Å². The number of hydrogen-bond donors (Lipinski definition) is 1. The summed E-state index contributed by atoms with van der Waals surface area (Å²) in [5, 5.41) is 8.90. The van der Waals surface area contributed by atoms with Crippen molar-refractivity contribution >= 4 is 16.7 Å². The maximum atomic E-state index is 13.3. The second-order valence-electron chi connectivity index (χ2n) is 8.33. The summed E-state index contributed by atoms with van der Waals surface area (Å²) in [7, 11) is 0. The lowest BCUT2D eigenvalue weighted by molar-refractivity contribution is -0.124. The number of carbonyl (C=O) groups is 1. The van der Waals surface area contributed by atoms with Crippen LogP contribution in [0.2, 0.25) is 0 Å². The van der Waals surface area contributed by atoms with Crippen LogP contribution in [0.15, 0.2) is 71.7 Å². The zero-order valence-electron chi connectivity index (χ0n) is 19.4. The summed E-state index contributed by atoms with van der Waals surface area (Å²) in [4.78, 5) is 26.4. The third kappa shape index (κ3) is 4.46. The highest BCUT2D eigenvalue weighted by molar-refractivity contribution is 5.89. The third-order valence-electron chi connectivity index (χ3n) is 6.24. The number of amides is 1. The summed E-state index contributed by atoms with van der Waals surface area (Å²) in [5.41, 5.74) is 3.50. The number of nitrogens with zero attached hydrogens (tertiary/aromatic N) is 3. The molecule has 0 bridgehead atoms. The summed E-state index contributed by atoms with van der Waals surface area (Å²) in [6.07, 6.45) is 4.16. The number of para-hydroxylation sites is 1. The molecule has 0 aliphatic rings. The number of aromatic nitrogens is 3. The van der Waals surface area contributed by atoms with Crippen LogP contribution >= 0.6 is 0 Å². The van der Waals surface area contributed by atoms with Crippen LogP contribution in [-0.4, -0.2) is 26.8 Å². The Morgan fingerprint density at radius 3 is 2.33 bits per heavy atom. The van der Waals surface area contributed by atoms with E-state index in [1.165, 1.54) is 10.2 Å². The van der Waals surface area contributed by atoms with E-state index < -0.39 is 0 Å². The Kier molecular flexibility index (Phi) is 6.73. The smallest absolute Gasteiger partial charge is 0.281 e. The van der Waals surface area contributed by atoms with Gasteiger partial charge in [0, 0.05) is 23.3 Å². The average Bonchev–Trinajstić information content (AvgIpc) is 3.09. The van der Waals surface area contributed by atoms with Crippen LogP contribution in [0.1, 0.15) is 42.8 Å². The van der Waals surface area contributed by atoms with Crippen LogP contribution in [0.3, 0.4) is 0 Å². The van der Waals surface area contributed by atoms with Crippen LogP contribution in [0.4, 0.5) is 0 Å². The Bertz CT molecular complexity index is 1310. The Labute approximate surface area is 193 Å². The quantitative estimate of drug-likeness (QED) is 0.409. The summed E-state index contributed by atoms with van der Waals surface area (Å²) in [6.45, 7) is 6.48. The molecule has 4 rings (SSSR count). The number of aryl methyl sites for hydroxylation is 3. The Balaban J connectivity index is 1.58. The van der Waals surface area contributed by atoms with E-state index in [-0.39, 0.29) is 17.5 Å². The topological polar surface area (TPSA) is 68.9 Å². The minimum absolute atomic E-state index is 0.0200. The van der Waals surface area contributed by atoms with Gasteiger partial charge in [0.25, 0.3) is 5.56 Å². The van der Waals surface area contributed by atoms with Crippen molar-refractivity contribution in [1.82, 2.24) is 19.7 Å². The highest BCUT2D eigenvalue weighted by Gasteiger charge is 2.25. The summed E-state index contributed by atoms with van der Waals surface area (Å²) in [6, 6.07) is 19.3. The Hall–Kier alpha value is -3.67. The molecule has 1 amide bonds. The van der Waals surface area contributed by atoms with Gasteiger partial charge in [0.05, 0.1) is 17.3 Å². The summed E-state index contributed by atoms with van der Waals surface area (Å²) >= 11 is 0. The van der Waals surface area contributed by atoms with Gasteiger partial charge in [-0.05, 0) is 50.8 Å². The van der Waals surface area contributed by atoms with Gasteiger partial charge in [-0.1, -0.05) is 55.5 Å². The van der Waals surface area contributed by atoms with E-state index in [9.17, 15) is 9.59 Å². The van der Waals surface area contributed by atoms with E-state index in [0.717, 1.165) is 35.3 Å². The van der Waals surface area contributed by atoms with E-state index in [0.29, 0.717) is 18.4 Å². The first-order valence-corrected chi connectivity index (χ1v) is 11.5. The van der Waals surface area contributed by atoms with E-state index in [4.69, 9.17) is 0 Å². The zero-order valence-corrected chi connectivity index (χ0v) is 19.4. The molecule has 0 aliphatic heterocycles. The fourth-order valence-corrected chi connectivity index (χ4v) is 4.55. The minimum Gasteiger partial charge on any atom is -0.354 e. The lowest BCUT2D eigenvalue weighted by Crippen LogP contribution is -2.34. The van der Waals surface area contributed by atoms with Crippen LogP contribution in [0.5, 0.6) is 0 Å². The molecule has 0 fully saturated rings. The second-order valence-corrected chi connectivity index (χ2v) is 8.33. The van der Waals surface area contributed by atoms with Crippen molar-refractivity contribution in [2.75, 3.05) is 6.54 Å². The number of carbonyl (C=O) groups excluding carboxylic acids is 1. The molecule has 4 aromatic rings. The van der Waals surface area contributed by atoms with Gasteiger partial charge in [-0.3, -0.25) is 9.59 Å². The molecule has 0 unspecified atom stereocenters. The molecular formula is C27H30N4O2. The van der Waals surface area contributed by atoms with Gasteiger partial charge in [0.15, 0.2) is 0 Å². The first kappa shape index (κ1) is 22.5. The van der Waals surface area contributed by atoms with Gasteiger partial charge in [-0.15, -0.1) is 0 Å². The number of nitrogens with one attached hydrogen (secondary N) is 1. The lowest BCUT2D eigenvalue weighted by Gasteiger charge is -2.20. The molecule has 0 aliphatic carbocycles. The highest BCUT2D eigenvalue weighted by atomic mass is 16.2. The molecule has 0 radical (unpaired) electrons. The Morgan fingerprint density at radius 1 is 1.00 bits per heavy atom. The normalized spacial score (nSPS) is 12.1. The summed E-state index contributed by atoms with van der Waals surface area (Å²) < 4.78 is 3.42. The third-order valence-corrected chi connectivity index (χ3v) is 6.24. The van der Waals surface area contributed by atoms with Gasteiger partial charge in [0.2, 0.25) is 5.91 Å². The first-order valence-electron chi connectivity index (χ1n) is 11.5. The van der Waals surface area contributed by atoms with Gasteiger partial charge in [-0.25, -0.2) is 0 Å². The second kappa shape index (κ2) is 9.86. The predicted molar refractivity (Wildman–Crippen MR) is 132 cm³/mol. The molecule has 170 valence electrons. The van der Waals surface area contributed by atoms with E-state index in [1.54, 1.807) is 6.20 Å². The van der Waals surface area contributed by atoms with E-state index >= 15 is 0 Å². The maximum Gasteiger partial charge on any atom is 0.281 e. The molecule has 0 saturated carbocycles. The summed E-state index contributed by atoms with van der Waals surface area (Å²) in [5.74, 6) is -0.0200. The van der Waals surface area contributed by atoms with Crippen molar-refractivity contribution < 1.29 is 4.79 Å². The molecular weight excluding hydrogens is 412 g/mol. The van der Waals surface area contributed by atoms with Crippen LogP contribution in [0, 0.1) is 13.8 Å². The standard InChI is InChI=1S/C27H30N4O2/c1-4-24(26(32)28-17-11-14-21-12-7-5-8-13-21)30-19(2)23-18-29-31(22-15-9-6-10-16-22)27(33)25(23)20(30)3/h5-10,12-13,15-16,18,24H,4,11,14,17H2,1-3H3,(H,28,32)/t24-/m0/s1. The molecule has 1 N–H and O–H groups in total. The monoisotopic (exact) mass is 442 g/mol. The van der Waals surface area contributed by atoms with Gasteiger partial charge < -0.3 is 9.88 Å². The molecule has 33 heavy (non-hydrogen) atoms. The van der Waals surface area contributed by atoms with Crippen LogP contribution < -0.4 is 10.9 Å². The average molecular weight is 443 g/mol. The molecule has 2 heterocycles. The molecule has 1 atom stereocenters. The number of benzene rings is 2. The largest absolute Gasteiger partial charge is 0.354 e. The van der Waals surface area contributed by atoms with Crippen molar-refractivity contribution in [2.24, 2.45) is 0 Å².